The van der Waals surface area contributed by atoms with E-state index in [1.807, 2.05) is 41.5 Å². The Morgan fingerprint density at radius 2 is 1.46 bits per heavy atom. The first kappa shape index (κ1) is 34.2. The fourth-order valence-corrected chi connectivity index (χ4v) is 3.47. The normalized spacial score (nSPS) is 12.3. The molecule has 1 atom stereocenters. The van der Waals surface area contributed by atoms with E-state index in [0.717, 1.165) is 0 Å². The quantitative estimate of drug-likeness (QED) is 0.117. The molecule has 0 bridgehead atoms. The molecule has 0 radical (unpaired) electrons. The third-order valence-electron chi connectivity index (χ3n) is 4.60. The van der Waals surface area contributed by atoms with Crippen molar-refractivity contribution in [3.05, 3.63) is 10.4 Å². The minimum absolute atomic E-state index is 0.000869. The molecule has 0 heterocycles. The first-order valence-electron chi connectivity index (χ1n) is 12.3. The van der Waals surface area contributed by atoms with Crippen molar-refractivity contribution in [2.75, 3.05) is 59.3 Å². The molecule has 0 saturated carbocycles. The SMILES string of the molecule is CC(C)(C)N(C(=O)O[C@@H](CCCOC(N)=O)C(=O)NCCOCCOCCOCCN=[N+]=[N-])C(C)(C)C. The summed E-state index contributed by atoms with van der Waals surface area (Å²) in [5.41, 5.74) is 12.0. The van der Waals surface area contributed by atoms with Crippen molar-refractivity contribution < 1.29 is 38.1 Å². The monoisotopic (exact) mass is 532 g/mol. The van der Waals surface area contributed by atoms with Gasteiger partial charge in [-0.3, -0.25) is 9.69 Å². The summed E-state index contributed by atoms with van der Waals surface area (Å²) < 4.78 is 26.3. The maximum absolute atomic E-state index is 13.0. The molecule has 0 unspecified atom stereocenters. The predicted molar refractivity (Wildman–Crippen MR) is 136 cm³/mol. The van der Waals surface area contributed by atoms with Crippen molar-refractivity contribution >= 4 is 18.1 Å². The average Bonchev–Trinajstić information content (AvgIpc) is 2.76. The Kier molecular flexibility index (Phi) is 17.0. The third kappa shape index (κ3) is 17.3. The summed E-state index contributed by atoms with van der Waals surface area (Å²) in [7, 11) is 0. The van der Waals surface area contributed by atoms with E-state index in [4.69, 9.17) is 34.9 Å². The van der Waals surface area contributed by atoms with Crippen molar-refractivity contribution in [2.24, 2.45) is 10.8 Å². The second-order valence-corrected chi connectivity index (χ2v) is 9.94. The second-order valence-electron chi connectivity index (χ2n) is 9.94. The summed E-state index contributed by atoms with van der Waals surface area (Å²) in [5, 5.41) is 6.05. The zero-order chi connectivity index (χ0) is 28.3. The van der Waals surface area contributed by atoms with Crippen molar-refractivity contribution in [1.82, 2.24) is 10.2 Å². The number of nitrogens with zero attached hydrogens (tertiary/aromatic N) is 4. The lowest BCUT2D eigenvalue weighted by Crippen LogP contribution is -2.57. The highest BCUT2D eigenvalue weighted by molar-refractivity contribution is 5.83. The standard InChI is InChI=1S/C23H44N6O8/c1-22(2,3)29(23(4,5)6)21(32)37-18(8-7-11-36-20(24)31)19(30)26-9-12-33-14-16-35-17-15-34-13-10-27-28-25/h18H,7-17H2,1-6H3,(H2,24,31)(H,26,30)/t18-/m0/s1. The molecule has 14 nitrogen and oxygen atoms in total. The first-order valence-corrected chi connectivity index (χ1v) is 12.3. The number of hydrogen-bond donors (Lipinski definition) is 2. The molecule has 0 aromatic heterocycles. The van der Waals surface area contributed by atoms with E-state index < -0.39 is 35.3 Å². The van der Waals surface area contributed by atoms with Crippen LogP contribution < -0.4 is 11.1 Å². The zero-order valence-electron chi connectivity index (χ0n) is 23.0. The van der Waals surface area contributed by atoms with E-state index in [1.54, 1.807) is 4.90 Å². The molecule has 0 aromatic carbocycles. The molecule has 0 saturated heterocycles. The Morgan fingerprint density at radius 1 is 0.919 bits per heavy atom. The van der Waals surface area contributed by atoms with E-state index in [1.165, 1.54) is 0 Å². The van der Waals surface area contributed by atoms with Crippen LogP contribution in [0, 0.1) is 0 Å². The minimum atomic E-state index is -1.08. The number of hydrogen-bond acceptors (Lipinski definition) is 9. The van der Waals surface area contributed by atoms with Crippen molar-refractivity contribution in [3.8, 4) is 0 Å². The van der Waals surface area contributed by atoms with Gasteiger partial charge < -0.3 is 34.7 Å². The van der Waals surface area contributed by atoms with Crippen LogP contribution in [0.3, 0.4) is 0 Å². The Balaban J connectivity index is 4.57. The molecule has 3 N–H and O–H groups in total. The van der Waals surface area contributed by atoms with E-state index in [0.29, 0.717) is 33.0 Å². The zero-order valence-corrected chi connectivity index (χ0v) is 23.0. The van der Waals surface area contributed by atoms with Crippen LogP contribution in [-0.4, -0.2) is 99.5 Å². The molecule has 0 rings (SSSR count). The van der Waals surface area contributed by atoms with Gasteiger partial charge in [0.2, 0.25) is 0 Å². The van der Waals surface area contributed by atoms with Gasteiger partial charge in [0.1, 0.15) is 0 Å². The first-order chi connectivity index (χ1) is 17.3. The number of primary amides is 1. The molecular weight excluding hydrogens is 488 g/mol. The van der Waals surface area contributed by atoms with Crippen LogP contribution in [0.25, 0.3) is 10.4 Å². The van der Waals surface area contributed by atoms with Gasteiger partial charge in [0.25, 0.3) is 5.91 Å². The number of nitrogens with two attached hydrogens (primary N) is 1. The van der Waals surface area contributed by atoms with E-state index in [9.17, 15) is 14.4 Å². The number of azide groups is 1. The highest BCUT2D eigenvalue weighted by atomic mass is 16.6. The summed E-state index contributed by atoms with van der Waals surface area (Å²) >= 11 is 0. The topological polar surface area (TPSA) is 187 Å². The lowest BCUT2D eigenvalue weighted by molar-refractivity contribution is -0.131. The Labute approximate surface area is 219 Å². The molecule has 37 heavy (non-hydrogen) atoms. The van der Waals surface area contributed by atoms with Crippen molar-refractivity contribution in [2.45, 2.75) is 71.6 Å². The number of ether oxygens (including phenoxy) is 5. The molecule has 0 aromatic rings. The predicted octanol–water partition coefficient (Wildman–Crippen LogP) is 2.74. The number of rotatable bonds is 18. The van der Waals surface area contributed by atoms with E-state index in [2.05, 4.69) is 15.3 Å². The summed E-state index contributed by atoms with van der Waals surface area (Å²) in [6.45, 7) is 13.8. The summed E-state index contributed by atoms with van der Waals surface area (Å²) in [4.78, 5) is 40.8. The lowest BCUT2D eigenvalue weighted by atomic mass is 9.97. The minimum Gasteiger partial charge on any atom is -0.450 e. The van der Waals surface area contributed by atoms with Gasteiger partial charge >= 0.3 is 12.2 Å². The third-order valence-corrected chi connectivity index (χ3v) is 4.60. The summed E-state index contributed by atoms with van der Waals surface area (Å²) in [6.07, 6.45) is -2.19. The van der Waals surface area contributed by atoms with Crippen LogP contribution in [0.4, 0.5) is 9.59 Å². The molecule has 14 heteroatoms. The fraction of sp³-hybridized carbons (Fsp3) is 0.870. The molecule has 3 amide bonds. The van der Waals surface area contributed by atoms with Crippen LogP contribution in [0.2, 0.25) is 0 Å². The highest BCUT2D eigenvalue weighted by Crippen LogP contribution is 2.26. The van der Waals surface area contributed by atoms with Crippen LogP contribution >= 0.6 is 0 Å². The molecule has 0 aliphatic carbocycles. The van der Waals surface area contributed by atoms with Gasteiger partial charge in [-0.2, -0.15) is 0 Å². The molecular formula is C23H44N6O8. The van der Waals surface area contributed by atoms with Gasteiger partial charge in [0.15, 0.2) is 6.10 Å². The Bertz CT molecular complexity index is 718. The molecule has 214 valence electrons. The highest BCUT2D eigenvalue weighted by Gasteiger charge is 2.38. The largest absolute Gasteiger partial charge is 0.450 e. The fourth-order valence-electron chi connectivity index (χ4n) is 3.47. The smallest absolute Gasteiger partial charge is 0.411 e. The summed E-state index contributed by atoms with van der Waals surface area (Å²) in [6, 6.07) is 0. The molecule has 0 aliphatic rings. The number of amides is 3. The van der Waals surface area contributed by atoms with Gasteiger partial charge in [-0.05, 0) is 59.9 Å². The van der Waals surface area contributed by atoms with Gasteiger partial charge in [0.05, 0.1) is 46.2 Å². The molecule has 0 aliphatic heterocycles. The maximum Gasteiger partial charge on any atom is 0.411 e. The van der Waals surface area contributed by atoms with Gasteiger partial charge in [-0.25, -0.2) is 9.59 Å². The van der Waals surface area contributed by atoms with Gasteiger partial charge in [0, 0.05) is 29.1 Å². The Hall–Kier alpha value is -2.80. The number of carbonyl (C=O) groups is 3. The number of carbonyl (C=O) groups excluding carboxylic acids is 3. The van der Waals surface area contributed by atoms with Gasteiger partial charge in [-0.1, -0.05) is 5.11 Å². The lowest BCUT2D eigenvalue weighted by Gasteiger charge is -2.44. The molecule has 0 spiro atoms. The van der Waals surface area contributed by atoms with Crippen LogP contribution in [-0.2, 0) is 28.5 Å². The van der Waals surface area contributed by atoms with Crippen LogP contribution in [0.5, 0.6) is 0 Å². The number of nitrogens with one attached hydrogen (secondary N) is 1. The maximum atomic E-state index is 13.0. The van der Waals surface area contributed by atoms with Crippen molar-refractivity contribution in [1.29, 1.82) is 0 Å². The second kappa shape index (κ2) is 18.4. The van der Waals surface area contributed by atoms with E-state index >= 15 is 0 Å². The van der Waals surface area contributed by atoms with E-state index in [-0.39, 0.29) is 39.1 Å². The Morgan fingerprint density at radius 3 is 1.97 bits per heavy atom. The van der Waals surface area contributed by atoms with Gasteiger partial charge in [-0.15, -0.1) is 0 Å². The van der Waals surface area contributed by atoms with Crippen LogP contribution in [0.15, 0.2) is 5.11 Å². The average molecular weight is 533 g/mol. The molecule has 0 fully saturated rings. The van der Waals surface area contributed by atoms with Crippen molar-refractivity contribution in [3.63, 3.8) is 0 Å². The summed E-state index contributed by atoms with van der Waals surface area (Å²) in [5.74, 6) is -0.479. The van der Waals surface area contributed by atoms with Crippen LogP contribution in [0.1, 0.15) is 54.4 Å².